The van der Waals surface area contributed by atoms with E-state index in [1.54, 1.807) is 13.3 Å². The van der Waals surface area contributed by atoms with Crippen LogP contribution in [-0.2, 0) is 0 Å². The minimum atomic E-state index is 0.239. The second-order valence-corrected chi connectivity index (χ2v) is 6.67. The lowest BCUT2D eigenvalue weighted by Gasteiger charge is -2.37. The number of ether oxygens (including phenoxy) is 2. The molecular weight excluding hydrogens is 330 g/mol. The van der Waals surface area contributed by atoms with Crippen molar-refractivity contribution in [3.63, 3.8) is 0 Å². The molecule has 0 saturated carbocycles. The number of rotatable bonds is 8. The fourth-order valence-electron chi connectivity index (χ4n) is 3.24. The van der Waals surface area contributed by atoms with E-state index in [2.05, 4.69) is 27.1 Å². The second-order valence-electron chi connectivity index (χ2n) is 6.67. The van der Waals surface area contributed by atoms with Gasteiger partial charge in [0.1, 0.15) is 5.82 Å². The molecule has 3 rings (SSSR count). The van der Waals surface area contributed by atoms with Crippen molar-refractivity contribution in [2.45, 2.75) is 13.3 Å². The summed E-state index contributed by atoms with van der Waals surface area (Å²) in [6, 6.07) is 5.82. The van der Waals surface area contributed by atoms with E-state index in [9.17, 15) is 0 Å². The first-order chi connectivity index (χ1) is 12.6. The Morgan fingerprint density at radius 3 is 2.81 bits per heavy atom. The van der Waals surface area contributed by atoms with Gasteiger partial charge in [0.25, 0.3) is 0 Å². The van der Waals surface area contributed by atoms with Crippen LogP contribution in [0.1, 0.15) is 13.3 Å². The zero-order valence-corrected chi connectivity index (χ0v) is 15.7. The van der Waals surface area contributed by atoms with Gasteiger partial charge in [-0.05, 0) is 30.0 Å². The van der Waals surface area contributed by atoms with Crippen LogP contribution in [0.15, 0.2) is 24.4 Å². The smallest absolute Gasteiger partial charge is 0.221 e. The Hall–Kier alpha value is -2.54. The Morgan fingerprint density at radius 2 is 2.12 bits per heavy atom. The Kier molecular flexibility index (Phi) is 5.78. The molecule has 2 aromatic rings. The highest BCUT2D eigenvalue weighted by atomic mass is 16.5. The third-order valence-electron chi connectivity index (χ3n) is 4.53. The van der Waals surface area contributed by atoms with Gasteiger partial charge >= 0.3 is 0 Å². The molecule has 0 bridgehead atoms. The zero-order chi connectivity index (χ0) is 18.5. The van der Waals surface area contributed by atoms with Crippen LogP contribution < -0.4 is 20.5 Å². The largest absolute Gasteiger partial charge is 0.493 e. The number of hydrogen-bond acceptors (Lipinski definition) is 7. The molecule has 7 heteroatoms. The van der Waals surface area contributed by atoms with Crippen molar-refractivity contribution < 1.29 is 9.47 Å². The van der Waals surface area contributed by atoms with Crippen LogP contribution in [0, 0.1) is 5.92 Å². The molecule has 1 saturated heterocycles. The molecule has 140 valence electrons. The molecule has 0 atom stereocenters. The van der Waals surface area contributed by atoms with Crippen molar-refractivity contribution in [2.75, 3.05) is 51.4 Å². The van der Waals surface area contributed by atoms with Crippen molar-refractivity contribution in [3.8, 4) is 22.6 Å². The van der Waals surface area contributed by atoms with E-state index in [1.165, 1.54) is 13.1 Å². The predicted octanol–water partition coefficient (Wildman–Crippen LogP) is 2.50. The Labute approximate surface area is 154 Å². The van der Waals surface area contributed by atoms with Crippen LogP contribution in [-0.4, -0.2) is 55.3 Å². The van der Waals surface area contributed by atoms with Gasteiger partial charge in [0.2, 0.25) is 5.95 Å². The minimum absolute atomic E-state index is 0.239. The summed E-state index contributed by atoms with van der Waals surface area (Å²) in [5.74, 6) is 3.19. The molecule has 1 aliphatic rings. The standard InChI is InChI=1S/C19H27N5O2/c1-13-11-24(12-13)7-4-8-26-17-9-14(5-6-16(17)25-3)15-10-22-19(20)23-18(15)21-2/h5-6,9-10,13H,4,7-8,11-12H2,1-3H3,(H3,20,21,22,23). The molecule has 0 aliphatic carbocycles. The lowest BCUT2D eigenvalue weighted by atomic mass is 10.0. The third-order valence-corrected chi connectivity index (χ3v) is 4.53. The Morgan fingerprint density at radius 1 is 1.31 bits per heavy atom. The lowest BCUT2D eigenvalue weighted by molar-refractivity contribution is 0.105. The van der Waals surface area contributed by atoms with Gasteiger partial charge in [-0.25, -0.2) is 4.98 Å². The summed E-state index contributed by atoms with van der Waals surface area (Å²) in [6.45, 7) is 6.40. The molecule has 2 heterocycles. The highest BCUT2D eigenvalue weighted by Gasteiger charge is 2.21. The van der Waals surface area contributed by atoms with E-state index in [0.717, 1.165) is 35.8 Å². The number of nitrogens with two attached hydrogens (primary N) is 1. The molecule has 0 radical (unpaired) electrons. The van der Waals surface area contributed by atoms with Crippen LogP contribution >= 0.6 is 0 Å². The number of nitrogens with zero attached hydrogens (tertiary/aromatic N) is 3. The van der Waals surface area contributed by atoms with Gasteiger partial charge in [0, 0.05) is 38.4 Å². The molecule has 1 aliphatic heterocycles. The molecule has 0 spiro atoms. The molecule has 1 aromatic heterocycles. The summed E-state index contributed by atoms with van der Waals surface area (Å²) in [6.07, 6.45) is 2.71. The number of benzene rings is 1. The average molecular weight is 357 g/mol. The third kappa shape index (κ3) is 4.16. The van der Waals surface area contributed by atoms with Crippen molar-refractivity contribution in [1.29, 1.82) is 0 Å². The van der Waals surface area contributed by atoms with Gasteiger partial charge in [-0.3, -0.25) is 0 Å². The molecular formula is C19H27N5O2. The van der Waals surface area contributed by atoms with Crippen LogP contribution in [0.5, 0.6) is 11.5 Å². The average Bonchev–Trinajstić information content (AvgIpc) is 2.63. The Balaban J connectivity index is 1.70. The molecule has 0 amide bonds. The molecule has 3 N–H and O–H groups in total. The number of aromatic nitrogens is 2. The van der Waals surface area contributed by atoms with E-state index in [1.807, 2.05) is 25.2 Å². The van der Waals surface area contributed by atoms with Crippen LogP contribution in [0.3, 0.4) is 0 Å². The van der Waals surface area contributed by atoms with E-state index in [-0.39, 0.29) is 5.95 Å². The minimum Gasteiger partial charge on any atom is -0.493 e. The van der Waals surface area contributed by atoms with Crippen LogP contribution in [0.25, 0.3) is 11.1 Å². The van der Waals surface area contributed by atoms with Gasteiger partial charge in [0.05, 0.1) is 13.7 Å². The topological polar surface area (TPSA) is 85.5 Å². The first-order valence-electron chi connectivity index (χ1n) is 8.94. The second kappa shape index (κ2) is 8.23. The molecule has 0 unspecified atom stereocenters. The van der Waals surface area contributed by atoms with Gasteiger partial charge < -0.3 is 25.4 Å². The molecule has 1 aromatic carbocycles. The van der Waals surface area contributed by atoms with E-state index in [4.69, 9.17) is 15.2 Å². The first-order valence-corrected chi connectivity index (χ1v) is 8.94. The molecule has 1 fully saturated rings. The number of nitrogens with one attached hydrogen (secondary N) is 1. The summed E-state index contributed by atoms with van der Waals surface area (Å²) in [5, 5.41) is 3.06. The van der Waals surface area contributed by atoms with E-state index < -0.39 is 0 Å². The van der Waals surface area contributed by atoms with Gasteiger partial charge in [-0.15, -0.1) is 0 Å². The van der Waals surface area contributed by atoms with Crippen molar-refractivity contribution in [3.05, 3.63) is 24.4 Å². The predicted molar refractivity (Wildman–Crippen MR) is 104 cm³/mol. The number of likely N-dealkylation sites (tertiary alicyclic amines) is 1. The first kappa shape index (κ1) is 18.3. The summed E-state index contributed by atoms with van der Waals surface area (Å²) in [7, 11) is 3.46. The summed E-state index contributed by atoms with van der Waals surface area (Å²) in [4.78, 5) is 10.8. The fraction of sp³-hybridized carbons (Fsp3) is 0.474. The van der Waals surface area contributed by atoms with Gasteiger partial charge in [0.15, 0.2) is 11.5 Å². The summed E-state index contributed by atoms with van der Waals surface area (Å²) in [5.41, 5.74) is 7.49. The monoisotopic (exact) mass is 357 g/mol. The maximum Gasteiger partial charge on any atom is 0.221 e. The van der Waals surface area contributed by atoms with Crippen LogP contribution in [0.2, 0.25) is 0 Å². The summed E-state index contributed by atoms with van der Waals surface area (Å²) >= 11 is 0. The number of methoxy groups -OCH3 is 1. The highest BCUT2D eigenvalue weighted by Crippen LogP contribution is 2.34. The van der Waals surface area contributed by atoms with Crippen molar-refractivity contribution in [2.24, 2.45) is 5.92 Å². The van der Waals surface area contributed by atoms with Gasteiger partial charge in [-0.2, -0.15) is 4.98 Å². The number of nitrogen functional groups attached to an aromatic ring is 1. The molecule has 26 heavy (non-hydrogen) atoms. The van der Waals surface area contributed by atoms with Crippen molar-refractivity contribution in [1.82, 2.24) is 14.9 Å². The maximum atomic E-state index is 6.00. The van der Waals surface area contributed by atoms with Gasteiger partial charge in [-0.1, -0.05) is 13.0 Å². The zero-order valence-electron chi connectivity index (χ0n) is 15.7. The van der Waals surface area contributed by atoms with Crippen molar-refractivity contribution >= 4 is 11.8 Å². The molecule has 7 nitrogen and oxygen atoms in total. The highest BCUT2D eigenvalue weighted by molar-refractivity contribution is 5.76. The summed E-state index contributed by atoms with van der Waals surface area (Å²) < 4.78 is 11.4. The maximum absolute atomic E-state index is 6.00. The number of hydrogen-bond donors (Lipinski definition) is 2. The van der Waals surface area contributed by atoms with E-state index in [0.29, 0.717) is 18.2 Å². The normalized spacial score (nSPS) is 14.7. The Bertz CT molecular complexity index is 747. The van der Waals surface area contributed by atoms with Crippen LogP contribution in [0.4, 0.5) is 11.8 Å². The lowest BCUT2D eigenvalue weighted by Crippen LogP contribution is -2.45. The van der Waals surface area contributed by atoms with E-state index >= 15 is 0 Å². The number of anilines is 2. The SMILES string of the molecule is CNc1nc(N)ncc1-c1ccc(OC)c(OCCCN2CC(C)C2)c1. The quantitative estimate of drug-likeness (QED) is 0.702. The fourth-order valence-corrected chi connectivity index (χ4v) is 3.24.